The van der Waals surface area contributed by atoms with E-state index in [1.807, 2.05) is 29.2 Å². The number of halogens is 2. The van der Waals surface area contributed by atoms with Gasteiger partial charge in [-0.15, -0.1) is 12.4 Å². The Hall–Kier alpha value is -2.75. The maximum atomic E-state index is 12.6. The quantitative estimate of drug-likeness (QED) is 0.610. The number of amides is 1. The molecule has 0 spiro atoms. The van der Waals surface area contributed by atoms with Crippen molar-refractivity contribution in [2.75, 3.05) is 12.3 Å². The van der Waals surface area contributed by atoms with Crippen molar-refractivity contribution in [1.29, 1.82) is 5.26 Å². The Balaban J connectivity index is 0.00000240. The van der Waals surface area contributed by atoms with Gasteiger partial charge in [-0.2, -0.15) is 5.26 Å². The highest BCUT2D eigenvalue weighted by Gasteiger charge is 2.26. The van der Waals surface area contributed by atoms with E-state index in [2.05, 4.69) is 16.0 Å². The number of carbonyl (C=O) groups is 1. The summed E-state index contributed by atoms with van der Waals surface area (Å²) in [6.45, 7) is 1.22. The van der Waals surface area contributed by atoms with Crippen molar-refractivity contribution in [2.24, 2.45) is 5.92 Å². The van der Waals surface area contributed by atoms with Gasteiger partial charge < -0.3 is 15.6 Å². The van der Waals surface area contributed by atoms with Gasteiger partial charge in [0.15, 0.2) is 0 Å². The highest BCUT2D eigenvalue weighted by molar-refractivity contribution is 6.31. The van der Waals surface area contributed by atoms with Crippen LogP contribution in [-0.2, 0) is 17.8 Å². The van der Waals surface area contributed by atoms with Gasteiger partial charge >= 0.3 is 0 Å². The number of aromatic amines is 1. The standard InChI is InChI=1S/C21H20ClN5O.ClH/c22-16-3-4-18-19(10-16)26-20(25-18)8-13-5-6-27(21(28)9-13)12-14-1-2-15(11-23)17(24)7-14;/h1-4,7,10,13H,5-6,8-9,12,24H2,(H,25,26);1H. The molecule has 2 heterocycles. The molecule has 1 aliphatic rings. The molecule has 0 radical (unpaired) electrons. The highest BCUT2D eigenvalue weighted by Crippen LogP contribution is 2.25. The number of rotatable bonds is 4. The molecule has 6 nitrogen and oxygen atoms in total. The average Bonchev–Trinajstić information content (AvgIpc) is 3.05. The lowest BCUT2D eigenvalue weighted by Crippen LogP contribution is -2.38. The number of aromatic nitrogens is 2. The molecule has 1 aromatic heterocycles. The second-order valence-electron chi connectivity index (χ2n) is 7.26. The molecular formula is C21H21Cl2N5O. The lowest BCUT2D eigenvalue weighted by molar-refractivity contribution is -0.135. The van der Waals surface area contributed by atoms with E-state index in [1.165, 1.54) is 0 Å². The number of likely N-dealkylation sites (tertiary alicyclic amines) is 1. The number of H-pyrrole nitrogens is 1. The Morgan fingerprint density at radius 1 is 1.31 bits per heavy atom. The number of fused-ring (bicyclic) bond motifs is 1. The predicted octanol–water partition coefficient (Wildman–Crippen LogP) is 4.07. The summed E-state index contributed by atoms with van der Waals surface area (Å²) >= 11 is 6.03. The number of piperidine rings is 1. The van der Waals surface area contributed by atoms with E-state index in [0.717, 1.165) is 35.3 Å². The summed E-state index contributed by atoms with van der Waals surface area (Å²) in [5.41, 5.74) is 9.54. The van der Waals surface area contributed by atoms with Gasteiger partial charge in [0.05, 0.1) is 16.6 Å². The zero-order chi connectivity index (χ0) is 19.7. The van der Waals surface area contributed by atoms with Crippen molar-refractivity contribution in [1.82, 2.24) is 14.9 Å². The summed E-state index contributed by atoms with van der Waals surface area (Å²) < 4.78 is 0. The van der Waals surface area contributed by atoms with Crippen LogP contribution in [0.3, 0.4) is 0 Å². The largest absolute Gasteiger partial charge is 0.398 e. The Morgan fingerprint density at radius 2 is 2.14 bits per heavy atom. The number of hydrogen-bond donors (Lipinski definition) is 2. The molecule has 150 valence electrons. The predicted molar refractivity (Wildman–Crippen MR) is 116 cm³/mol. The minimum Gasteiger partial charge on any atom is -0.398 e. The summed E-state index contributed by atoms with van der Waals surface area (Å²) in [7, 11) is 0. The van der Waals surface area contributed by atoms with E-state index >= 15 is 0 Å². The van der Waals surface area contributed by atoms with Crippen LogP contribution >= 0.6 is 24.0 Å². The molecule has 3 N–H and O–H groups in total. The number of nitrogens with two attached hydrogens (primary N) is 1. The topological polar surface area (TPSA) is 98.8 Å². The molecule has 0 saturated carbocycles. The van der Waals surface area contributed by atoms with Gasteiger partial charge in [0.1, 0.15) is 11.9 Å². The number of anilines is 1. The molecule has 2 aromatic carbocycles. The van der Waals surface area contributed by atoms with Crippen molar-refractivity contribution >= 4 is 46.6 Å². The van der Waals surface area contributed by atoms with Crippen LogP contribution in [0.5, 0.6) is 0 Å². The molecule has 1 atom stereocenters. The molecule has 29 heavy (non-hydrogen) atoms. The van der Waals surface area contributed by atoms with Gasteiger partial charge in [-0.25, -0.2) is 4.98 Å². The van der Waals surface area contributed by atoms with Gasteiger partial charge in [-0.1, -0.05) is 17.7 Å². The van der Waals surface area contributed by atoms with Crippen LogP contribution in [-0.4, -0.2) is 27.3 Å². The van der Waals surface area contributed by atoms with E-state index in [0.29, 0.717) is 35.8 Å². The lowest BCUT2D eigenvalue weighted by Gasteiger charge is -2.31. The monoisotopic (exact) mass is 429 g/mol. The molecule has 1 amide bonds. The minimum absolute atomic E-state index is 0. The molecule has 8 heteroatoms. The molecular weight excluding hydrogens is 409 g/mol. The third-order valence-electron chi connectivity index (χ3n) is 5.21. The second kappa shape index (κ2) is 8.73. The van der Waals surface area contributed by atoms with E-state index in [4.69, 9.17) is 22.6 Å². The molecule has 3 aromatic rings. The van der Waals surface area contributed by atoms with Crippen LogP contribution in [0.1, 0.15) is 29.8 Å². The van der Waals surface area contributed by atoms with Crippen molar-refractivity contribution in [2.45, 2.75) is 25.8 Å². The number of nitrogens with one attached hydrogen (secondary N) is 1. The number of nitrogens with zero attached hydrogens (tertiary/aromatic N) is 3. The Morgan fingerprint density at radius 3 is 2.86 bits per heavy atom. The first-order valence-corrected chi connectivity index (χ1v) is 9.60. The fourth-order valence-corrected chi connectivity index (χ4v) is 3.89. The van der Waals surface area contributed by atoms with Crippen LogP contribution in [0.15, 0.2) is 36.4 Å². The van der Waals surface area contributed by atoms with Crippen molar-refractivity contribution in [3.05, 3.63) is 58.4 Å². The maximum absolute atomic E-state index is 12.6. The van der Waals surface area contributed by atoms with Crippen LogP contribution in [0.25, 0.3) is 11.0 Å². The van der Waals surface area contributed by atoms with E-state index in [9.17, 15) is 4.79 Å². The molecule has 0 aliphatic carbocycles. The Kier molecular flexibility index (Phi) is 6.31. The van der Waals surface area contributed by atoms with E-state index < -0.39 is 0 Å². The first kappa shape index (κ1) is 21.0. The van der Waals surface area contributed by atoms with Crippen molar-refractivity contribution < 1.29 is 4.79 Å². The second-order valence-corrected chi connectivity index (χ2v) is 7.69. The molecule has 1 unspecified atom stereocenters. The summed E-state index contributed by atoms with van der Waals surface area (Å²) in [5.74, 6) is 1.30. The first-order chi connectivity index (χ1) is 13.5. The van der Waals surface area contributed by atoms with Crippen molar-refractivity contribution in [3.63, 3.8) is 0 Å². The Labute approximate surface area is 180 Å². The van der Waals surface area contributed by atoms with Gasteiger partial charge in [0.25, 0.3) is 0 Å². The SMILES string of the molecule is Cl.N#Cc1ccc(CN2CCC(Cc3nc4ccc(Cl)cc4[nH]3)CC2=O)cc1N. The minimum atomic E-state index is 0. The summed E-state index contributed by atoms with van der Waals surface area (Å²) in [6.07, 6.45) is 2.18. The van der Waals surface area contributed by atoms with Gasteiger partial charge in [0.2, 0.25) is 5.91 Å². The fourth-order valence-electron chi connectivity index (χ4n) is 3.72. The summed E-state index contributed by atoms with van der Waals surface area (Å²) in [6, 6.07) is 13.0. The third kappa shape index (κ3) is 4.64. The van der Waals surface area contributed by atoms with E-state index in [1.54, 1.807) is 12.1 Å². The van der Waals surface area contributed by atoms with Crippen LogP contribution in [0.4, 0.5) is 5.69 Å². The van der Waals surface area contributed by atoms with E-state index in [-0.39, 0.29) is 24.2 Å². The smallest absolute Gasteiger partial charge is 0.223 e. The van der Waals surface area contributed by atoms with Gasteiger partial charge in [0, 0.05) is 36.6 Å². The van der Waals surface area contributed by atoms with Gasteiger partial charge in [-0.3, -0.25) is 4.79 Å². The number of benzene rings is 2. The van der Waals surface area contributed by atoms with Crippen LogP contribution < -0.4 is 5.73 Å². The number of nitriles is 1. The number of imidazole rings is 1. The molecule has 4 rings (SSSR count). The number of nitrogen functional groups attached to an aromatic ring is 1. The first-order valence-electron chi connectivity index (χ1n) is 9.22. The lowest BCUT2D eigenvalue weighted by atomic mass is 9.92. The maximum Gasteiger partial charge on any atom is 0.223 e. The normalized spacial score (nSPS) is 16.5. The molecule has 1 fully saturated rings. The molecule has 1 saturated heterocycles. The number of hydrogen-bond acceptors (Lipinski definition) is 4. The zero-order valence-electron chi connectivity index (χ0n) is 15.7. The van der Waals surface area contributed by atoms with Crippen LogP contribution in [0, 0.1) is 17.2 Å². The third-order valence-corrected chi connectivity index (χ3v) is 5.44. The summed E-state index contributed by atoms with van der Waals surface area (Å²) in [4.78, 5) is 22.4. The van der Waals surface area contributed by atoms with Gasteiger partial charge in [-0.05, 0) is 48.2 Å². The van der Waals surface area contributed by atoms with Crippen molar-refractivity contribution in [3.8, 4) is 6.07 Å². The zero-order valence-corrected chi connectivity index (χ0v) is 17.3. The molecule has 0 bridgehead atoms. The fraction of sp³-hybridized carbons (Fsp3) is 0.286. The summed E-state index contributed by atoms with van der Waals surface area (Å²) in [5, 5.41) is 9.65. The van der Waals surface area contributed by atoms with Crippen LogP contribution in [0.2, 0.25) is 5.02 Å². The average molecular weight is 430 g/mol. The molecule has 1 aliphatic heterocycles. The Bertz CT molecular complexity index is 1090. The highest BCUT2D eigenvalue weighted by atomic mass is 35.5. The number of carbonyl (C=O) groups excluding carboxylic acids is 1.